The molecule has 0 aliphatic carbocycles. The van der Waals surface area contributed by atoms with Crippen LogP contribution in [0, 0.1) is 0 Å². The van der Waals surface area contributed by atoms with Crippen molar-refractivity contribution in [2.75, 3.05) is 10.3 Å². The van der Waals surface area contributed by atoms with Gasteiger partial charge in [0.2, 0.25) is 0 Å². The van der Waals surface area contributed by atoms with Crippen LogP contribution < -0.4 is 9.03 Å². The maximum Gasteiger partial charge on any atom is 0.277 e. The number of aryl methyl sites for hydroxylation is 1. The van der Waals surface area contributed by atoms with Gasteiger partial charge in [-0.1, -0.05) is 48.5 Å². The van der Waals surface area contributed by atoms with E-state index in [1.807, 2.05) is 38.2 Å². The molecule has 4 aromatic carbocycles. The number of aliphatic hydroxyl groups is 1. The molecular weight excluding hydrogens is 611 g/mol. The molecule has 1 aromatic heterocycles. The molecule has 5 aromatic rings. The van der Waals surface area contributed by atoms with Crippen LogP contribution in [-0.4, -0.2) is 44.9 Å². The number of rotatable bonds is 13. The minimum Gasteiger partial charge on any atom is -0.387 e. The van der Waals surface area contributed by atoms with Crippen molar-refractivity contribution in [1.29, 1.82) is 0 Å². The summed E-state index contributed by atoms with van der Waals surface area (Å²) in [6.07, 6.45) is 2.47. The molecule has 234 valence electrons. The van der Waals surface area contributed by atoms with Gasteiger partial charge in [0.1, 0.15) is 6.29 Å². The summed E-state index contributed by atoms with van der Waals surface area (Å²) in [5.74, 6) is 0. The summed E-state index contributed by atoms with van der Waals surface area (Å²) < 4.78 is 57.9. The van der Waals surface area contributed by atoms with E-state index in [0.717, 1.165) is 23.6 Å². The number of hydrogen-bond acceptors (Lipinski definition) is 7. The lowest BCUT2D eigenvalue weighted by molar-refractivity contribution is 0.112. The summed E-state index contributed by atoms with van der Waals surface area (Å²) in [5.41, 5.74) is 1.50. The van der Waals surface area contributed by atoms with Gasteiger partial charge in [-0.3, -0.25) is 4.79 Å². The quantitative estimate of drug-likeness (QED) is 0.161. The number of aromatic nitrogens is 1. The molecule has 0 unspecified atom stereocenters. The fourth-order valence-electron chi connectivity index (χ4n) is 5.09. The second-order valence-corrected chi connectivity index (χ2v) is 15.2. The molecule has 5 rings (SSSR count). The lowest BCUT2D eigenvalue weighted by atomic mass is 9.99. The van der Waals surface area contributed by atoms with Crippen LogP contribution in [0.1, 0.15) is 42.3 Å². The number of aliphatic hydroxyl groups excluding tert-OH is 1. The monoisotopic (exact) mass is 645 g/mol. The molecule has 0 bridgehead atoms. The van der Waals surface area contributed by atoms with E-state index in [-0.39, 0.29) is 22.0 Å². The van der Waals surface area contributed by atoms with Crippen LogP contribution >= 0.6 is 0 Å². The van der Waals surface area contributed by atoms with E-state index in [0.29, 0.717) is 21.4 Å². The number of fused-ring (bicyclic) bond motifs is 1. The SMILES string of the molecule is CC(C)(CCn1ccc2cc(C=O)ccc21)NC[C@H](O)c1cccc(N(S(=O)(=O)c2ccccc2)S(=O)(=O)c2ccccc2)c1. The molecule has 1 heterocycles. The van der Waals surface area contributed by atoms with E-state index in [1.165, 1.54) is 66.7 Å². The maximum absolute atomic E-state index is 13.8. The number of anilines is 1. The molecule has 9 nitrogen and oxygen atoms in total. The average Bonchev–Trinajstić information content (AvgIpc) is 3.45. The minimum atomic E-state index is -4.56. The fourth-order valence-corrected chi connectivity index (χ4v) is 8.81. The van der Waals surface area contributed by atoms with Gasteiger partial charge in [-0.25, -0.2) is 16.8 Å². The van der Waals surface area contributed by atoms with E-state index in [9.17, 15) is 26.7 Å². The van der Waals surface area contributed by atoms with Gasteiger partial charge in [-0.05, 0) is 86.5 Å². The maximum atomic E-state index is 13.8. The highest BCUT2D eigenvalue weighted by molar-refractivity contribution is 8.10. The molecule has 45 heavy (non-hydrogen) atoms. The predicted octanol–water partition coefficient (Wildman–Crippen LogP) is 5.53. The van der Waals surface area contributed by atoms with Crippen molar-refractivity contribution >= 4 is 42.9 Å². The Morgan fingerprint density at radius 1 is 0.822 bits per heavy atom. The summed E-state index contributed by atoms with van der Waals surface area (Å²) in [4.78, 5) is 10.7. The second kappa shape index (κ2) is 13.0. The molecule has 0 spiro atoms. The molecule has 2 N–H and O–H groups in total. The molecular formula is C34H35N3O6S2. The number of nitrogens with zero attached hydrogens (tertiary/aromatic N) is 2. The Morgan fingerprint density at radius 2 is 1.44 bits per heavy atom. The number of aldehydes is 1. The molecule has 1 atom stereocenters. The second-order valence-electron chi connectivity index (χ2n) is 11.4. The lowest BCUT2D eigenvalue weighted by Crippen LogP contribution is -2.42. The van der Waals surface area contributed by atoms with Crippen LogP contribution in [0.2, 0.25) is 0 Å². The van der Waals surface area contributed by atoms with E-state index in [1.54, 1.807) is 24.3 Å². The van der Waals surface area contributed by atoms with Gasteiger partial charge in [0, 0.05) is 41.3 Å². The Bertz CT molecular complexity index is 1940. The van der Waals surface area contributed by atoms with Gasteiger partial charge in [0.05, 0.1) is 21.6 Å². The molecule has 0 amide bonds. The number of β-amino-alcohol motifs (C(OH)–C–C–N with tert-alkyl or cyclic N) is 1. The van der Waals surface area contributed by atoms with Crippen molar-refractivity contribution in [1.82, 2.24) is 9.88 Å². The molecule has 0 aliphatic rings. The number of benzene rings is 4. The Labute approximate surface area is 263 Å². The first-order valence-corrected chi connectivity index (χ1v) is 17.3. The van der Waals surface area contributed by atoms with Gasteiger partial charge >= 0.3 is 0 Å². The smallest absolute Gasteiger partial charge is 0.277 e. The van der Waals surface area contributed by atoms with Crippen molar-refractivity contribution < 1.29 is 26.7 Å². The zero-order valence-electron chi connectivity index (χ0n) is 24.9. The number of hydrogen-bond donors (Lipinski definition) is 2. The van der Waals surface area contributed by atoms with E-state index in [2.05, 4.69) is 9.88 Å². The van der Waals surface area contributed by atoms with E-state index in [4.69, 9.17) is 0 Å². The highest BCUT2D eigenvalue weighted by Crippen LogP contribution is 2.32. The lowest BCUT2D eigenvalue weighted by Gasteiger charge is -2.29. The number of carbonyl (C=O) groups is 1. The molecule has 0 saturated heterocycles. The van der Waals surface area contributed by atoms with E-state index >= 15 is 0 Å². The Hall–Kier alpha value is -4.29. The molecule has 11 heteroatoms. The van der Waals surface area contributed by atoms with Crippen molar-refractivity contribution in [3.63, 3.8) is 0 Å². The first-order chi connectivity index (χ1) is 21.4. The summed E-state index contributed by atoms with van der Waals surface area (Å²) in [6.45, 7) is 4.88. The third kappa shape index (κ3) is 7.02. The normalized spacial score (nSPS) is 13.0. The fraction of sp³-hybridized carbons (Fsp3) is 0.206. The summed E-state index contributed by atoms with van der Waals surface area (Å²) >= 11 is 0. The first kappa shape index (κ1) is 32.1. The standard InChI is InChI=1S/C34H35N3O6S2/c1-34(2,19-21-36-20-18-27-22-26(25-38)16-17-32(27)36)35-24-33(39)28-10-9-11-29(23-28)37(44(40,41)30-12-5-3-6-13-30)45(42,43)31-14-7-4-8-15-31/h3-18,20,22-23,25,33,35,39H,19,21,24H2,1-2H3/t33-/m0/s1. The van der Waals surface area contributed by atoms with Crippen LogP contribution in [0.25, 0.3) is 10.9 Å². The first-order valence-electron chi connectivity index (χ1n) is 14.4. The molecule has 0 saturated carbocycles. The van der Waals surface area contributed by atoms with Crippen molar-refractivity contribution in [3.8, 4) is 0 Å². The Balaban J connectivity index is 1.36. The summed E-state index contributed by atoms with van der Waals surface area (Å²) in [6, 6.07) is 28.2. The van der Waals surface area contributed by atoms with Gasteiger partial charge in [-0.2, -0.15) is 3.71 Å². The zero-order valence-corrected chi connectivity index (χ0v) is 26.6. The molecule has 0 aliphatic heterocycles. The van der Waals surface area contributed by atoms with Crippen molar-refractivity contribution in [3.05, 3.63) is 127 Å². The van der Waals surface area contributed by atoms with Gasteiger partial charge < -0.3 is 15.0 Å². The van der Waals surface area contributed by atoms with Crippen LogP contribution in [0.15, 0.2) is 125 Å². The highest BCUT2D eigenvalue weighted by atomic mass is 32.3. The van der Waals surface area contributed by atoms with Gasteiger partial charge in [0.25, 0.3) is 20.0 Å². The summed E-state index contributed by atoms with van der Waals surface area (Å²) in [5, 5.41) is 15.5. The third-order valence-corrected chi connectivity index (χ3v) is 11.9. The van der Waals surface area contributed by atoms with Crippen LogP contribution in [0.4, 0.5) is 5.69 Å². The highest BCUT2D eigenvalue weighted by Gasteiger charge is 2.37. The third-order valence-electron chi connectivity index (χ3n) is 7.67. The topological polar surface area (TPSA) is 126 Å². The van der Waals surface area contributed by atoms with Crippen LogP contribution in [0.3, 0.4) is 0 Å². The molecule has 0 fully saturated rings. The Morgan fingerprint density at radius 3 is 2.04 bits per heavy atom. The zero-order chi connectivity index (χ0) is 32.2. The van der Waals surface area contributed by atoms with Crippen molar-refractivity contribution in [2.24, 2.45) is 0 Å². The van der Waals surface area contributed by atoms with Crippen LogP contribution in [-0.2, 0) is 26.6 Å². The average molecular weight is 646 g/mol. The van der Waals surface area contributed by atoms with Gasteiger partial charge in [0.15, 0.2) is 0 Å². The molecule has 0 radical (unpaired) electrons. The summed E-state index contributed by atoms with van der Waals surface area (Å²) in [7, 11) is -9.12. The largest absolute Gasteiger partial charge is 0.387 e. The van der Waals surface area contributed by atoms with E-state index < -0.39 is 31.7 Å². The number of nitrogens with one attached hydrogen (secondary N) is 1. The van der Waals surface area contributed by atoms with Gasteiger partial charge in [-0.15, -0.1) is 0 Å². The predicted molar refractivity (Wildman–Crippen MR) is 175 cm³/mol. The Kier molecular flexibility index (Phi) is 9.26. The number of carbonyl (C=O) groups excluding carboxylic acids is 1. The van der Waals surface area contributed by atoms with Crippen molar-refractivity contribution in [2.45, 2.75) is 48.2 Å². The number of sulfonamides is 2. The van der Waals surface area contributed by atoms with Crippen LogP contribution in [0.5, 0.6) is 0 Å². The minimum absolute atomic E-state index is 0.115.